The molecule has 0 saturated heterocycles. The molecule has 0 aliphatic heterocycles. The number of fused-ring (bicyclic) bond motifs is 2. The number of alkyl halides is 3. The molecule has 0 saturated carbocycles. The number of carbonyl (C=O) groups excluding carboxylic acids is 1. The standard InChI is InChI=1S/C29H24F3NO5S/c1-37-25-16-15-22(19-9-4-10-20(17-19)38-29(30,31)32)27-23(25)12-6-13-24(27)28(34)33-39(35,36)26-14-5-8-18-7-2-3-11-21(18)26/h2-5,7-11,14-17,24H,6,12-13H2,1H3,(H,33,34). The van der Waals surface area contributed by atoms with E-state index in [-0.39, 0.29) is 4.90 Å². The first kappa shape index (κ1) is 26.6. The number of amides is 1. The number of methoxy groups -OCH3 is 1. The molecular formula is C29H24F3NO5S. The first-order chi connectivity index (χ1) is 18.6. The first-order valence-electron chi connectivity index (χ1n) is 12.2. The lowest BCUT2D eigenvalue weighted by Crippen LogP contribution is -2.36. The summed E-state index contributed by atoms with van der Waals surface area (Å²) < 4.78 is 77.2. The van der Waals surface area contributed by atoms with E-state index in [1.165, 1.54) is 31.4 Å². The monoisotopic (exact) mass is 555 g/mol. The van der Waals surface area contributed by atoms with E-state index in [1.54, 1.807) is 54.6 Å². The van der Waals surface area contributed by atoms with Gasteiger partial charge >= 0.3 is 6.36 Å². The van der Waals surface area contributed by atoms with Crippen LogP contribution in [0.4, 0.5) is 13.2 Å². The Hall–Kier alpha value is -4.05. The zero-order valence-electron chi connectivity index (χ0n) is 20.8. The molecule has 39 heavy (non-hydrogen) atoms. The molecule has 0 heterocycles. The summed E-state index contributed by atoms with van der Waals surface area (Å²) in [6.07, 6.45) is -3.36. The Labute approximate surface area is 223 Å². The molecule has 0 aromatic heterocycles. The number of hydrogen-bond donors (Lipinski definition) is 1. The van der Waals surface area contributed by atoms with E-state index >= 15 is 0 Å². The largest absolute Gasteiger partial charge is 0.573 e. The smallest absolute Gasteiger partial charge is 0.496 e. The molecule has 6 nitrogen and oxygen atoms in total. The average Bonchev–Trinajstić information content (AvgIpc) is 2.90. The molecule has 0 spiro atoms. The van der Waals surface area contributed by atoms with Gasteiger partial charge in [0.25, 0.3) is 10.0 Å². The molecule has 1 N–H and O–H groups in total. The molecule has 1 aliphatic rings. The number of sulfonamides is 1. The Bertz CT molecular complexity index is 1660. The zero-order valence-corrected chi connectivity index (χ0v) is 21.6. The summed E-state index contributed by atoms with van der Waals surface area (Å²) in [5.41, 5.74) is 2.13. The van der Waals surface area contributed by atoms with E-state index in [9.17, 15) is 26.4 Å². The molecule has 4 aromatic carbocycles. The van der Waals surface area contributed by atoms with Crippen LogP contribution in [0.25, 0.3) is 21.9 Å². The van der Waals surface area contributed by atoms with Crippen molar-refractivity contribution < 1.29 is 35.9 Å². The van der Waals surface area contributed by atoms with Crippen LogP contribution < -0.4 is 14.2 Å². The topological polar surface area (TPSA) is 81.7 Å². The van der Waals surface area contributed by atoms with E-state index in [0.29, 0.717) is 58.0 Å². The fourth-order valence-corrected chi connectivity index (χ4v) is 6.43. The highest BCUT2D eigenvalue weighted by molar-refractivity contribution is 7.90. The Morgan fingerprint density at radius 3 is 2.49 bits per heavy atom. The van der Waals surface area contributed by atoms with Gasteiger partial charge in [-0.05, 0) is 71.2 Å². The second kappa shape index (κ2) is 10.3. The molecule has 0 bridgehead atoms. The zero-order chi connectivity index (χ0) is 27.8. The van der Waals surface area contributed by atoms with Gasteiger partial charge in [0.2, 0.25) is 5.91 Å². The minimum Gasteiger partial charge on any atom is -0.496 e. The Balaban J connectivity index is 1.56. The minimum absolute atomic E-state index is 0.0205. The summed E-state index contributed by atoms with van der Waals surface area (Å²) in [4.78, 5) is 13.6. The second-order valence-corrected chi connectivity index (χ2v) is 10.8. The van der Waals surface area contributed by atoms with Crippen molar-refractivity contribution in [1.82, 2.24) is 4.72 Å². The van der Waals surface area contributed by atoms with Crippen molar-refractivity contribution in [2.24, 2.45) is 0 Å². The van der Waals surface area contributed by atoms with Gasteiger partial charge in [-0.25, -0.2) is 13.1 Å². The van der Waals surface area contributed by atoms with Crippen LogP contribution in [0.1, 0.15) is 29.9 Å². The molecule has 0 fully saturated rings. The lowest BCUT2D eigenvalue weighted by atomic mass is 9.78. The second-order valence-electron chi connectivity index (χ2n) is 9.18. The Morgan fingerprint density at radius 2 is 1.72 bits per heavy atom. The third-order valence-corrected chi connectivity index (χ3v) is 8.18. The predicted molar refractivity (Wildman–Crippen MR) is 140 cm³/mol. The van der Waals surface area contributed by atoms with Gasteiger partial charge in [-0.15, -0.1) is 13.2 Å². The highest BCUT2D eigenvalue weighted by atomic mass is 32.2. The van der Waals surface area contributed by atoms with Gasteiger partial charge in [0.15, 0.2) is 0 Å². The number of hydrogen-bond acceptors (Lipinski definition) is 5. The number of nitrogens with one attached hydrogen (secondary N) is 1. The van der Waals surface area contributed by atoms with Gasteiger partial charge in [0.1, 0.15) is 11.5 Å². The molecule has 4 aromatic rings. The third kappa shape index (κ3) is 5.42. The van der Waals surface area contributed by atoms with Crippen molar-refractivity contribution in [3.8, 4) is 22.6 Å². The van der Waals surface area contributed by atoms with Crippen molar-refractivity contribution in [3.05, 3.63) is 90.0 Å². The summed E-state index contributed by atoms with van der Waals surface area (Å²) in [5.74, 6) is -1.48. The summed E-state index contributed by atoms with van der Waals surface area (Å²) >= 11 is 0. The van der Waals surface area contributed by atoms with Gasteiger partial charge in [0, 0.05) is 5.39 Å². The Morgan fingerprint density at radius 1 is 0.974 bits per heavy atom. The number of ether oxygens (including phenoxy) is 2. The van der Waals surface area contributed by atoms with Crippen molar-refractivity contribution in [2.75, 3.05) is 7.11 Å². The van der Waals surface area contributed by atoms with Crippen LogP contribution in [0.2, 0.25) is 0 Å². The maximum absolute atomic E-state index is 13.6. The third-order valence-electron chi connectivity index (χ3n) is 6.77. The summed E-state index contributed by atoms with van der Waals surface area (Å²) in [6, 6.07) is 20.6. The van der Waals surface area contributed by atoms with Crippen molar-refractivity contribution in [3.63, 3.8) is 0 Å². The van der Waals surface area contributed by atoms with Crippen LogP contribution in [-0.4, -0.2) is 27.8 Å². The van der Waals surface area contributed by atoms with Gasteiger partial charge < -0.3 is 9.47 Å². The lowest BCUT2D eigenvalue weighted by molar-refractivity contribution is -0.274. The molecule has 1 unspecified atom stereocenters. The highest BCUT2D eigenvalue weighted by Gasteiger charge is 2.35. The first-order valence-corrected chi connectivity index (χ1v) is 13.7. The molecule has 5 rings (SSSR count). The van der Waals surface area contributed by atoms with E-state index in [1.807, 2.05) is 0 Å². The Kier molecular flexibility index (Phi) is 6.98. The molecule has 10 heteroatoms. The van der Waals surface area contributed by atoms with Crippen LogP contribution in [0, 0.1) is 0 Å². The van der Waals surface area contributed by atoms with E-state index < -0.39 is 34.0 Å². The summed E-state index contributed by atoms with van der Waals surface area (Å²) in [7, 11) is -2.75. The fourth-order valence-electron chi connectivity index (χ4n) is 5.18. The van der Waals surface area contributed by atoms with Gasteiger partial charge in [-0.3, -0.25) is 4.79 Å². The summed E-state index contributed by atoms with van der Waals surface area (Å²) in [6.45, 7) is 0. The van der Waals surface area contributed by atoms with Gasteiger partial charge in [-0.2, -0.15) is 0 Å². The average molecular weight is 556 g/mol. The van der Waals surface area contributed by atoms with Gasteiger partial charge in [0.05, 0.1) is 17.9 Å². The maximum atomic E-state index is 13.6. The SMILES string of the molecule is COc1ccc(-c2cccc(OC(F)(F)F)c2)c2c1CCCC2C(=O)NS(=O)(=O)c1cccc2ccccc12. The number of rotatable bonds is 6. The number of benzene rings is 4. The molecule has 202 valence electrons. The normalized spacial score (nSPS) is 15.4. The van der Waals surface area contributed by atoms with E-state index in [2.05, 4.69) is 9.46 Å². The lowest BCUT2D eigenvalue weighted by Gasteiger charge is -2.29. The number of halogens is 3. The molecule has 1 atom stereocenters. The van der Waals surface area contributed by atoms with Crippen LogP contribution in [0.3, 0.4) is 0 Å². The minimum atomic E-state index is -4.86. The van der Waals surface area contributed by atoms with Crippen LogP contribution in [0.5, 0.6) is 11.5 Å². The van der Waals surface area contributed by atoms with Crippen molar-refractivity contribution >= 4 is 26.7 Å². The van der Waals surface area contributed by atoms with Crippen LogP contribution >= 0.6 is 0 Å². The van der Waals surface area contributed by atoms with Crippen LogP contribution in [-0.2, 0) is 21.2 Å². The molecule has 1 aliphatic carbocycles. The summed E-state index contributed by atoms with van der Waals surface area (Å²) in [5, 5.41) is 1.19. The molecular weight excluding hydrogens is 531 g/mol. The predicted octanol–water partition coefficient (Wildman–Crippen LogP) is 6.34. The van der Waals surface area contributed by atoms with Crippen molar-refractivity contribution in [1.29, 1.82) is 0 Å². The van der Waals surface area contributed by atoms with Gasteiger partial charge in [-0.1, -0.05) is 54.6 Å². The quantitative estimate of drug-likeness (QED) is 0.300. The van der Waals surface area contributed by atoms with Crippen LogP contribution in [0.15, 0.2) is 83.8 Å². The molecule has 1 amide bonds. The molecule has 0 radical (unpaired) electrons. The maximum Gasteiger partial charge on any atom is 0.573 e. The van der Waals surface area contributed by atoms with Crippen molar-refractivity contribution in [2.45, 2.75) is 36.4 Å². The number of carbonyl (C=O) groups is 1. The van der Waals surface area contributed by atoms with E-state index in [0.717, 1.165) is 0 Å². The fraction of sp³-hybridized carbons (Fsp3) is 0.207. The highest BCUT2D eigenvalue weighted by Crippen LogP contribution is 2.44. The van der Waals surface area contributed by atoms with E-state index in [4.69, 9.17) is 4.74 Å².